The summed E-state index contributed by atoms with van der Waals surface area (Å²) >= 11 is 1.41. The standard InChI is InChI=1S/C11H14N4OS/c1-7-9(8(2)15(3)14-7)4-12-11(16)10-5-17-6-13-10/h5-6H,4H2,1-3H3,(H,12,16). The van der Waals surface area contributed by atoms with Crippen LogP contribution in [0.4, 0.5) is 0 Å². The van der Waals surface area contributed by atoms with Crippen LogP contribution in [-0.4, -0.2) is 20.7 Å². The molecule has 17 heavy (non-hydrogen) atoms. The quantitative estimate of drug-likeness (QED) is 0.896. The maximum absolute atomic E-state index is 11.7. The molecule has 0 bridgehead atoms. The van der Waals surface area contributed by atoms with Gasteiger partial charge >= 0.3 is 0 Å². The number of hydrogen-bond donors (Lipinski definition) is 1. The predicted molar refractivity (Wildman–Crippen MR) is 66.0 cm³/mol. The summed E-state index contributed by atoms with van der Waals surface area (Å²) in [4.78, 5) is 15.7. The Bertz CT molecular complexity index is 530. The second-order valence-electron chi connectivity index (χ2n) is 3.83. The van der Waals surface area contributed by atoms with E-state index in [4.69, 9.17) is 0 Å². The molecule has 0 fully saturated rings. The largest absolute Gasteiger partial charge is 0.346 e. The van der Waals surface area contributed by atoms with Crippen LogP contribution in [0.15, 0.2) is 10.9 Å². The molecule has 0 spiro atoms. The van der Waals surface area contributed by atoms with Gasteiger partial charge in [-0.1, -0.05) is 0 Å². The predicted octanol–water partition coefficient (Wildman–Crippen LogP) is 1.42. The fourth-order valence-electron chi connectivity index (χ4n) is 1.66. The fourth-order valence-corrected chi connectivity index (χ4v) is 2.19. The van der Waals surface area contributed by atoms with Gasteiger partial charge in [0.1, 0.15) is 5.69 Å². The zero-order valence-electron chi connectivity index (χ0n) is 10.0. The summed E-state index contributed by atoms with van der Waals surface area (Å²) in [6.07, 6.45) is 0. The van der Waals surface area contributed by atoms with E-state index < -0.39 is 0 Å². The van der Waals surface area contributed by atoms with Gasteiger partial charge < -0.3 is 5.32 Å². The van der Waals surface area contributed by atoms with Crippen molar-refractivity contribution in [3.63, 3.8) is 0 Å². The molecular weight excluding hydrogens is 236 g/mol. The van der Waals surface area contributed by atoms with Crippen LogP contribution in [0.1, 0.15) is 27.4 Å². The highest BCUT2D eigenvalue weighted by Crippen LogP contribution is 2.11. The monoisotopic (exact) mass is 250 g/mol. The Hall–Kier alpha value is -1.69. The number of carbonyl (C=O) groups is 1. The van der Waals surface area contributed by atoms with E-state index in [1.165, 1.54) is 11.3 Å². The highest BCUT2D eigenvalue weighted by Gasteiger charge is 2.12. The van der Waals surface area contributed by atoms with Crippen molar-refractivity contribution in [3.8, 4) is 0 Å². The number of nitrogens with one attached hydrogen (secondary N) is 1. The van der Waals surface area contributed by atoms with E-state index in [0.717, 1.165) is 17.0 Å². The Balaban J connectivity index is 2.05. The number of aryl methyl sites for hydroxylation is 2. The van der Waals surface area contributed by atoms with Gasteiger partial charge in [0, 0.05) is 30.2 Å². The van der Waals surface area contributed by atoms with Crippen LogP contribution >= 0.6 is 11.3 Å². The lowest BCUT2D eigenvalue weighted by atomic mass is 10.2. The fraction of sp³-hybridized carbons (Fsp3) is 0.364. The second kappa shape index (κ2) is 4.67. The van der Waals surface area contributed by atoms with Gasteiger partial charge in [-0.2, -0.15) is 5.10 Å². The molecule has 2 rings (SSSR count). The van der Waals surface area contributed by atoms with E-state index in [9.17, 15) is 4.79 Å². The van der Waals surface area contributed by atoms with Gasteiger partial charge in [0.2, 0.25) is 0 Å². The molecule has 6 heteroatoms. The van der Waals surface area contributed by atoms with Crippen molar-refractivity contribution in [2.45, 2.75) is 20.4 Å². The molecule has 90 valence electrons. The Morgan fingerprint density at radius 3 is 2.82 bits per heavy atom. The molecule has 0 atom stereocenters. The summed E-state index contributed by atoms with van der Waals surface area (Å²) in [6, 6.07) is 0. The number of aromatic nitrogens is 3. The molecule has 2 aromatic heterocycles. The Morgan fingerprint density at radius 1 is 1.53 bits per heavy atom. The Labute approximate surface area is 103 Å². The molecule has 1 amide bonds. The van der Waals surface area contributed by atoms with Crippen LogP contribution < -0.4 is 5.32 Å². The molecule has 0 unspecified atom stereocenters. The minimum absolute atomic E-state index is 0.145. The van der Waals surface area contributed by atoms with Crippen molar-refractivity contribution in [2.75, 3.05) is 0 Å². The maximum Gasteiger partial charge on any atom is 0.271 e. The molecule has 1 N–H and O–H groups in total. The van der Waals surface area contributed by atoms with Crippen LogP contribution in [-0.2, 0) is 13.6 Å². The normalized spacial score (nSPS) is 10.5. The van der Waals surface area contributed by atoms with Crippen LogP contribution in [0.5, 0.6) is 0 Å². The van der Waals surface area contributed by atoms with Crippen LogP contribution in [0.2, 0.25) is 0 Å². The zero-order chi connectivity index (χ0) is 12.4. The lowest BCUT2D eigenvalue weighted by molar-refractivity contribution is 0.0946. The lowest BCUT2D eigenvalue weighted by Crippen LogP contribution is -2.23. The number of nitrogens with zero attached hydrogens (tertiary/aromatic N) is 3. The lowest BCUT2D eigenvalue weighted by Gasteiger charge is -2.03. The van der Waals surface area contributed by atoms with E-state index in [0.29, 0.717) is 12.2 Å². The van der Waals surface area contributed by atoms with Crippen molar-refractivity contribution in [1.82, 2.24) is 20.1 Å². The minimum atomic E-state index is -0.145. The van der Waals surface area contributed by atoms with Gasteiger partial charge in [-0.15, -0.1) is 11.3 Å². The first kappa shape index (κ1) is 11.8. The first-order chi connectivity index (χ1) is 8.09. The number of thiazole rings is 1. The van der Waals surface area contributed by atoms with Crippen molar-refractivity contribution >= 4 is 17.2 Å². The van der Waals surface area contributed by atoms with Crippen LogP contribution in [0.3, 0.4) is 0 Å². The van der Waals surface area contributed by atoms with Crippen molar-refractivity contribution < 1.29 is 4.79 Å². The first-order valence-electron chi connectivity index (χ1n) is 5.25. The van der Waals surface area contributed by atoms with E-state index >= 15 is 0 Å². The summed E-state index contributed by atoms with van der Waals surface area (Å²) in [7, 11) is 1.90. The second-order valence-corrected chi connectivity index (χ2v) is 4.55. The molecule has 2 heterocycles. The number of amides is 1. The average Bonchev–Trinajstić information content (AvgIpc) is 2.88. The van der Waals surface area contributed by atoms with Crippen molar-refractivity contribution in [2.24, 2.45) is 7.05 Å². The third-order valence-electron chi connectivity index (χ3n) is 2.75. The SMILES string of the molecule is Cc1nn(C)c(C)c1CNC(=O)c1cscn1. The van der Waals surface area contributed by atoms with Gasteiger partial charge in [0.05, 0.1) is 11.2 Å². The molecule has 0 aromatic carbocycles. The summed E-state index contributed by atoms with van der Waals surface area (Å²) in [6.45, 7) is 4.42. The maximum atomic E-state index is 11.7. The number of carbonyl (C=O) groups excluding carboxylic acids is 1. The van der Waals surface area contributed by atoms with Gasteiger partial charge in [-0.25, -0.2) is 4.98 Å². The molecule has 0 aliphatic rings. The van der Waals surface area contributed by atoms with Crippen LogP contribution in [0.25, 0.3) is 0 Å². The number of rotatable bonds is 3. The molecule has 0 saturated carbocycles. The summed E-state index contributed by atoms with van der Waals surface area (Å²) in [5.74, 6) is -0.145. The Kier molecular flexibility index (Phi) is 3.23. The number of hydrogen-bond acceptors (Lipinski definition) is 4. The highest BCUT2D eigenvalue weighted by molar-refractivity contribution is 7.07. The van der Waals surface area contributed by atoms with Gasteiger partial charge in [-0.3, -0.25) is 9.48 Å². The smallest absolute Gasteiger partial charge is 0.271 e. The molecule has 0 radical (unpaired) electrons. The Morgan fingerprint density at radius 2 is 2.29 bits per heavy atom. The first-order valence-corrected chi connectivity index (χ1v) is 6.19. The summed E-state index contributed by atoms with van der Waals surface area (Å²) in [5.41, 5.74) is 5.20. The van der Waals surface area contributed by atoms with E-state index in [2.05, 4.69) is 15.4 Å². The van der Waals surface area contributed by atoms with Gasteiger partial charge in [-0.05, 0) is 13.8 Å². The van der Waals surface area contributed by atoms with E-state index in [1.54, 1.807) is 10.9 Å². The van der Waals surface area contributed by atoms with Crippen molar-refractivity contribution in [1.29, 1.82) is 0 Å². The van der Waals surface area contributed by atoms with Gasteiger partial charge in [0.15, 0.2) is 0 Å². The minimum Gasteiger partial charge on any atom is -0.346 e. The molecule has 0 aliphatic heterocycles. The zero-order valence-corrected chi connectivity index (χ0v) is 10.8. The summed E-state index contributed by atoms with van der Waals surface area (Å²) < 4.78 is 1.82. The molecular formula is C11H14N4OS. The van der Waals surface area contributed by atoms with Gasteiger partial charge in [0.25, 0.3) is 5.91 Å². The third kappa shape index (κ3) is 2.36. The van der Waals surface area contributed by atoms with Crippen molar-refractivity contribution in [3.05, 3.63) is 33.5 Å². The average molecular weight is 250 g/mol. The third-order valence-corrected chi connectivity index (χ3v) is 3.34. The van der Waals surface area contributed by atoms with E-state index in [1.807, 2.05) is 25.6 Å². The van der Waals surface area contributed by atoms with Crippen LogP contribution in [0, 0.1) is 13.8 Å². The molecule has 2 aromatic rings. The van der Waals surface area contributed by atoms with E-state index in [-0.39, 0.29) is 5.91 Å². The highest BCUT2D eigenvalue weighted by atomic mass is 32.1. The molecule has 0 saturated heterocycles. The summed E-state index contributed by atoms with van der Waals surface area (Å²) in [5, 5.41) is 8.89. The molecule has 0 aliphatic carbocycles. The topological polar surface area (TPSA) is 59.8 Å². The molecule has 5 nitrogen and oxygen atoms in total.